The van der Waals surface area contributed by atoms with Crippen LogP contribution in [0, 0.1) is 5.92 Å². The zero-order valence-corrected chi connectivity index (χ0v) is 15.7. The Morgan fingerprint density at radius 1 is 1.04 bits per heavy atom. The second kappa shape index (κ2) is 8.75. The minimum atomic E-state index is 0.0694. The topological polar surface area (TPSA) is 75.9 Å². The smallest absolute Gasteiger partial charge is 0.223 e. The molecule has 0 aliphatic carbocycles. The van der Waals surface area contributed by atoms with Crippen molar-refractivity contribution in [1.29, 1.82) is 0 Å². The minimum Gasteiger partial charge on any atom is -0.350 e. The van der Waals surface area contributed by atoms with Gasteiger partial charge in [-0.15, -0.1) is 5.10 Å². The number of carbonyl (C=O) groups excluding carboxylic acids is 1. The van der Waals surface area contributed by atoms with Crippen molar-refractivity contribution >= 4 is 5.91 Å². The number of hydrogen-bond acceptors (Lipinski definition) is 5. The molecule has 1 N–H and O–H groups in total. The van der Waals surface area contributed by atoms with Gasteiger partial charge in [0, 0.05) is 18.7 Å². The first-order valence-corrected chi connectivity index (χ1v) is 9.64. The maximum Gasteiger partial charge on any atom is 0.223 e. The van der Waals surface area contributed by atoms with E-state index in [9.17, 15) is 4.79 Å². The van der Waals surface area contributed by atoms with Gasteiger partial charge in [-0.25, -0.2) is 4.68 Å². The first kappa shape index (κ1) is 18.3. The number of amides is 1. The first-order chi connectivity index (χ1) is 13.8. The molecule has 28 heavy (non-hydrogen) atoms. The van der Waals surface area contributed by atoms with Crippen molar-refractivity contribution in [2.24, 2.45) is 5.92 Å². The summed E-state index contributed by atoms with van der Waals surface area (Å²) < 4.78 is 1.80. The standard InChI is InChI=1S/C21H24N6O/c28-21(23-14-18-6-4-5-11-22-18)17-9-12-26(13-10-17)15-19-16-27(25-24-19)20-7-2-1-3-8-20/h1-8,11,16-17H,9-10,12-15H2,(H,23,28). The summed E-state index contributed by atoms with van der Waals surface area (Å²) in [4.78, 5) is 19.0. The van der Waals surface area contributed by atoms with Crippen LogP contribution in [0.4, 0.5) is 0 Å². The Kier molecular flexibility index (Phi) is 5.72. The van der Waals surface area contributed by atoms with Gasteiger partial charge in [-0.3, -0.25) is 14.7 Å². The SMILES string of the molecule is O=C(NCc1ccccn1)C1CCN(Cc2cn(-c3ccccc3)nn2)CC1. The number of rotatable bonds is 6. The molecule has 0 spiro atoms. The Labute approximate surface area is 164 Å². The fourth-order valence-corrected chi connectivity index (χ4v) is 3.48. The molecule has 1 aliphatic rings. The number of piperidine rings is 1. The largest absolute Gasteiger partial charge is 0.350 e. The molecular formula is C21H24N6O. The molecule has 7 nitrogen and oxygen atoms in total. The van der Waals surface area contributed by atoms with E-state index in [2.05, 4.69) is 25.5 Å². The van der Waals surface area contributed by atoms with E-state index in [1.807, 2.05) is 54.7 Å². The fraction of sp³-hybridized carbons (Fsp3) is 0.333. The van der Waals surface area contributed by atoms with Crippen LogP contribution in [0.15, 0.2) is 60.9 Å². The molecule has 3 aromatic rings. The zero-order chi connectivity index (χ0) is 19.2. The fourth-order valence-electron chi connectivity index (χ4n) is 3.48. The van der Waals surface area contributed by atoms with Gasteiger partial charge in [-0.2, -0.15) is 0 Å². The highest BCUT2D eigenvalue weighted by atomic mass is 16.1. The number of nitrogens with one attached hydrogen (secondary N) is 1. The van der Waals surface area contributed by atoms with Gasteiger partial charge in [-0.05, 0) is 50.2 Å². The van der Waals surface area contributed by atoms with Crippen LogP contribution in [0.2, 0.25) is 0 Å². The van der Waals surface area contributed by atoms with Crippen LogP contribution >= 0.6 is 0 Å². The van der Waals surface area contributed by atoms with E-state index in [4.69, 9.17) is 0 Å². The van der Waals surface area contributed by atoms with Gasteiger partial charge in [0.05, 0.1) is 29.8 Å². The molecule has 0 unspecified atom stereocenters. The summed E-state index contributed by atoms with van der Waals surface area (Å²) >= 11 is 0. The molecular weight excluding hydrogens is 352 g/mol. The molecule has 4 rings (SSSR count). The summed E-state index contributed by atoms with van der Waals surface area (Å²) in [5.74, 6) is 0.195. The Morgan fingerprint density at radius 3 is 2.57 bits per heavy atom. The molecule has 0 atom stereocenters. The second-order valence-electron chi connectivity index (χ2n) is 7.08. The highest BCUT2D eigenvalue weighted by Gasteiger charge is 2.25. The summed E-state index contributed by atoms with van der Waals surface area (Å²) in [5, 5.41) is 11.5. The van der Waals surface area contributed by atoms with Gasteiger partial charge in [0.15, 0.2) is 0 Å². The highest BCUT2D eigenvalue weighted by Crippen LogP contribution is 2.19. The summed E-state index contributed by atoms with van der Waals surface area (Å²) in [7, 11) is 0. The number of benzene rings is 1. The second-order valence-corrected chi connectivity index (χ2v) is 7.08. The van der Waals surface area contributed by atoms with Crippen LogP contribution in [-0.4, -0.2) is 43.9 Å². The monoisotopic (exact) mass is 376 g/mol. The van der Waals surface area contributed by atoms with E-state index in [0.717, 1.165) is 49.6 Å². The van der Waals surface area contributed by atoms with Crippen molar-refractivity contribution in [3.63, 3.8) is 0 Å². The highest BCUT2D eigenvalue weighted by molar-refractivity contribution is 5.78. The van der Waals surface area contributed by atoms with Gasteiger partial charge in [0.1, 0.15) is 0 Å². The third kappa shape index (κ3) is 4.61. The van der Waals surface area contributed by atoms with Crippen molar-refractivity contribution in [2.45, 2.75) is 25.9 Å². The molecule has 1 amide bonds. The summed E-state index contributed by atoms with van der Waals surface area (Å²) in [6, 6.07) is 15.7. The molecule has 1 aromatic carbocycles. The van der Waals surface area contributed by atoms with E-state index < -0.39 is 0 Å². The number of pyridine rings is 1. The van der Waals surface area contributed by atoms with E-state index in [1.165, 1.54) is 0 Å². The Morgan fingerprint density at radius 2 is 1.82 bits per heavy atom. The van der Waals surface area contributed by atoms with Crippen LogP contribution in [-0.2, 0) is 17.9 Å². The van der Waals surface area contributed by atoms with Gasteiger partial charge >= 0.3 is 0 Å². The van der Waals surface area contributed by atoms with Crippen LogP contribution in [0.5, 0.6) is 0 Å². The van der Waals surface area contributed by atoms with E-state index in [-0.39, 0.29) is 11.8 Å². The van der Waals surface area contributed by atoms with Gasteiger partial charge in [0.25, 0.3) is 0 Å². The maximum atomic E-state index is 12.4. The molecule has 1 fully saturated rings. The summed E-state index contributed by atoms with van der Waals surface area (Å²) in [5.41, 5.74) is 2.83. The summed E-state index contributed by atoms with van der Waals surface area (Å²) in [6.07, 6.45) is 5.44. The van der Waals surface area contributed by atoms with Gasteiger partial charge in [0.2, 0.25) is 5.91 Å². The molecule has 144 valence electrons. The predicted octanol–water partition coefficient (Wildman–Crippen LogP) is 2.19. The average Bonchev–Trinajstić information content (AvgIpc) is 3.22. The quantitative estimate of drug-likeness (QED) is 0.714. The van der Waals surface area contributed by atoms with Crippen molar-refractivity contribution in [1.82, 2.24) is 30.2 Å². The van der Waals surface area contributed by atoms with Gasteiger partial charge in [-0.1, -0.05) is 29.5 Å². The Hall–Kier alpha value is -3.06. The van der Waals surface area contributed by atoms with Crippen molar-refractivity contribution in [2.75, 3.05) is 13.1 Å². The Bertz CT molecular complexity index is 888. The van der Waals surface area contributed by atoms with Crippen molar-refractivity contribution in [3.05, 3.63) is 72.3 Å². The van der Waals surface area contributed by atoms with Crippen LogP contribution in [0.25, 0.3) is 5.69 Å². The lowest BCUT2D eigenvalue weighted by Crippen LogP contribution is -2.40. The van der Waals surface area contributed by atoms with E-state index in [0.29, 0.717) is 6.54 Å². The average molecular weight is 376 g/mol. The number of para-hydroxylation sites is 1. The van der Waals surface area contributed by atoms with Crippen LogP contribution in [0.1, 0.15) is 24.2 Å². The summed E-state index contributed by atoms with van der Waals surface area (Å²) in [6.45, 7) is 3.03. The lowest BCUT2D eigenvalue weighted by atomic mass is 9.96. The van der Waals surface area contributed by atoms with Gasteiger partial charge < -0.3 is 5.32 Å². The number of carbonyl (C=O) groups is 1. The van der Waals surface area contributed by atoms with Crippen molar-refractivity contribution in [3.8, 4) is 5.69 Å². The number of nitrogens with zero attached hydrogens (tertiary/aromatic N) is 5. The molecule has 0 saturated carbocycles. The zero-order valence-electron chi connectivity index (χ0n) is 15.7. The molecule has 1 aliphatic heterocycles. The van der Waals surface area contributed by atoms with Crippen LogP contribution in [0.3, 0.4) is 0 Å². The molecule has 0 bridgehead atoms. The number of aromatic nitrogens is 4. The van der Waals surface area contributed by atoms with Crippen molar-refractivity contribution < 1.29 is 4.79 Å². The molecule has 7 heteroatoms. The number of likely N-dealkylation sites (tertiary alicyclic amines) is 1. The third-order valence-electron chi connectivity index (χ3n) is 5.08. The predicted molar refractivity (Wildman–Crippen MR) is 105 cm³/mol. The lowest BCUT2D eigenvalue weighted by Gasteiger charge is -2.30. The first-order valence-electron chi connectivity index (χ1n) is 9.64. The molecule has 2 aromatic heterocycles. The van der Waals surface area contributed by atoms with E-state index in [1.54, 1.807) is 10.9 Å². The maximum absolute atomic E-state index is 12.4. The number of hydrogen-bond donors (Lipinski definition) is 1. The minimum absolute atomic E-state index is 0.0694. The normalized spacial score (nSPS) is 15.4. The lowest BCUT2D eigenvalue weighted by molar-refractivity contribution is -0.126. The molecule has 1 saturated heterocycles. The third-order valence-corrected chi connectivity index (χ3v) is 5.08. The molecule has 0 radical (unpaired) electrons. The Balaban J connectivity index is 1.24. The van der Waals surface area contributed by atoms with E-state index >= 15 is 0 Å². The molecule has 3 heterocycles. The van der Waals surface area contributed by atoms with Crippen LogP contribution < -0.4 is 5.32 Å².